The average Bonchev–Trinajstić information content (AvgIpc) is 2.77. The number of carbonyl (C=O) groups is 2. The number of carbonyl (C=O) groups excluding carboxylic acids is 1. The van der Waals surface area contributed by atoms with Crippen LogP contribution in [0.3, 0.4) is 0 Å². The van der Waals surface area contributed by atoms with E-state index < -0.39 is 18.4 Å². The van der Waals surface area contributed by atoms with E-state index in [2.05, 4.69) is 22.4 Å². The van der Waals surface area contributed by atoms with Gasteiger partial charge in [-0.3, -0.25) is 9.59 Å². The molecule has 160 valence electrons. The Balaban J connectivity index is 1.66. The second-order valence-electron chi connectivity index (χ2n) is 7.34. The first-order valence-electron chi connectivity index (χ1n) is 9.96. The van der Waals surface area contributed by atoms with Crippen molar-refractivity contribution >= 4 is 22.6 Å². The maximum atomic E-state index is 12.2. The Morgan fingerprint density at radius 2 is 1.74 bits per heavy atom. The fourth-order valence-corrected chi connectivity index (χ4v) is 3.78. The van der Waals surface area contributed by atoms with Crippen molar-refractivity contribution in [1.82, 2.24) is 10.3 Å². The smallest absolute Gasteiger partial charge is 0.322 e. The molecule has 1 heterocycles. The first-order valence-corrected chi connectivity index (χ1v) is 9.96. The van der Waals surface area contributed by atoms with Crippen LogP contribution in [0.2, 0.25) is 0 Å². The summed E-state index contributed by atoms with van der Waals surface area (Å²) in [6.07, 6.45) is 4.53. The van der Waals surface area contributed by atoms with Crippen molar-refractivity contribution in [2.24, 2.45) is 0 Å². The van der Waals surface area contributed by atoms with E-state index >= 15 is 0 Å². The van der Waals surface area contributed by atoms with Gasteiger partial charge < -0.3 is 25.0 Å². The standard InChI is InChI=1S/C23H22N2O6/c1-30-23-18-11-16(31-15-7-6-13-4-2-3-5-14(13)10-15)8-9-17(18)21(28)20(25-23)22(29)24-12-19(26)27/h6-11,28H,2-5,12H2,1H3,(H,24,29)(H,26,27). The summed E-state index contributed by atoms with van der Waals surface area (Å²) in [4.78, 5) is 27.0. The summed E-state index contributed by atoms with van der Waals surface area (Å²) >= 11 is 0. The molecule has 31 heavy (non-hydrogen) atoms. The van der Waals surface area contributed by atoms with Gasteiger partial charge in [0.25, 0.3) is 5.91 Å². The van der Waals surface area contributed by atoms with Crippen LogP contribution in [0.25, 0.3) is 10.8 Å². The number of amides is 1. The number of rotatable bonds is 6. The maximum Gasteiger partial charge on any atom is 0.322 e. The van der Waals surface area contributed by atoms with Gasteiger partial charge >= 0.3 is 5.97 Å². The molecule has 3 N–H and O–H groups in total. The number of aliphatic carboxylic acids is 1. The number of carboxylic acids is 1. The minimum atomic E-state index is -1.20. The van der Waals surface area contributed by atoms with Crippen molar-refractivity contribution in [3.8, 4) is 23.1 Å². The number of ether oxygens (including phenoxy) is 2. The van der Waals surface area contributed by atoms with Crippen LogP contribution in [0.5, 0.6) is 23.1 Å². The molecule has 4 rings (SSSR count). The molecule has 1 aliphatic rings. The summed E-state index contributed by atoms with van der Waals surface area (Å²) in [5.74, 6) is -1.01. The van der Waals surface area contributed by atoms with Gasteiger partial charge in [0.05, 0.1) is 12.5 Å². The van der Waals surface area contributed by atoms with Crippen molar-refractivity contribution in [2.45, 2.75) is 25.7 Å². The predicted octanol–water partition coefficient (Wildman–Crippen LogP) is 3.43. The number of methoxy groups -OCH3 is 1. The molecule has 0 fully saturated rings. The van der Waals surface area contributed by atoms with Crippen LogP contribution in [-0.4, -0.2) is 40.7 Å². The Hall–Kier alpha value is -3.81. The SMILES string of the molecule is COc1nc(C(=O)NCC(=O)O)c(O)c2ccc(Oc3ccc4c(c3)CCCC4)cc12. The molecular formula is C23H22N2O6. The van der Waals surface area contributed by atoms with Gasteiger partial charge in [-0.15, -0.1) is 0 Å². The van der Waals surface area contributed by atoms with E-state index in [1.807, 2.05) is 6.07 Å². The van der Waals surface area contributed by atoms with Gasteiger partial charge in [0.2, 0.25) is 5.88 Å². The van der Waals surface area contributed by atoms with E-state index in [9.17, 15) is 14.7 Å². The number of aromatic nitrogens is 1. The zero-order chi connectivity index (χ0) is 22.0. The van der Waals surface area contributed by atoms with Crippen LogP contribution < -0.4 is 14.8 Å². The number of aryl methyl sites for hydroxylation is 2. The van der Waals surface area contributed by atoms with Gasteiger partial charge in [-0.25, -0.2) is 4.98 Å². The Kier molecular flexibility index (Phi) is 5.62. The molecule has 3 aromatic rings. The lowest BCUT2D eigenvalue weighted by Crippen LogP contribution is -2.30. The van der Waals surface area contributed by atoms with Gasteiger partial charge in [-0.2, -0.15) is 0 Å². The molecule has 1 aromatic heterocycles. The molecule has 8 heteroatoms. The van der Waals surface area contributed by atoms with E-state index in [1.54, 1.807) is 18.2 Å². The van der Waals surface area contributed by atoms with E-state index in [0.29, 0.717) is 16.5 Å². The zero-order valence-corrected chi connectivity index (χ0v) is 17.0. The molecule has 0 bridgehead atoms. The Morgan fingerprint density at radius 3 is 2.48 bits per heavy atom. The number of nitrogens with one attached hydrogen (secondary N) is 1. The van der Waals surface area contributed by atoms with Gasteiger partial charge in [0.15, 0.2) is 11.4 Å². The number of nitrogens with zero attached hydrogens (tertiary/aromatic N) is 1. The second kappa shape index (κ2) is 8.51. The molecule has 0 radical (unpaired) electrons. The first kappa shape index (κ1) is 20.5. The topological polar surface area (TPSA) is 118 Å². The number of hydrogen-bond acceptors (Lipinski definition) is 6. The number of hydrogen-bond donors (Lipinski definition) is 3. The van der Waals surface area contributed by atoms with Gasteiger partial charge in [0, 0.05) is 5.39 Å². The van der Waals surface area contributed by atoms with Crippen LogP contribution in [0.1, 0.15) is 34.5 Å². The van der Waals surface area contributed by atoms with Crippen LogP contribution in [-0.2, 0) is 17.6 Å². The quantitative estimate of drug-likeness (QED) is 0.557. The van der Waals surface area contributed by atoms with Crippen molar-refractivity contribution in [2.75, 3.05) is 13.7 Å². The number of fused-ring (bicyclic) bond motifs is 2. The molecule has 0 aliphatic heterocycles. The summed E-state index contributed by atoms with van der Waals surface area (Å²) in [6, 6.07) is 11.1. The van der Waals surface area contributed by atoms with Crippen molar-refractivity contribution in [3.05, 3.63) is 53.2 Å². The highest BCUT2D eigenvalue weighted by Crippen LogP contribution is 2.37. The van der Waals surface area contributed by atoms with Crippen LogP contribution >= 0.6 is 0 Å². The normalized spacial score (nSPS) is 12.8. The maximum absolute atomic E-state index is 12.2. The third-order valence-corrected chi connectivity index (χ3v) is 5.28. The molecule has 1 aliphatic carbocycles. The largest absolute Gasteiger partial charge is 0.505 e. The summed E-state index contributed by atoms with van der Waals surface area (Å²) < 4.78 is 11.3. The molecule has 1 amide bonds. The molecule has 0 saturated heterocycles. The highest BCUT2D eigenvalue weighted by molar-refractivity contribution is 6.04. The third kappa shape index (κ3) is 4.23. The van der Waals surface area contributed by atoms with E-state index in [0.717, 1.165) is 18.6 Å². The highest BCUT2D eigenvalue weighted by atomic mass is 16.5. The Labute approximate surface area is 178 Å². The van der Waals surface area contributed by atoms with Crippen LogP contribution in [0, 0.1) is 0 Å². The van der Waals surface area contributed by atoms with Crippen LogP contribution in [0.4, 0.5) is 0 Å². The lowest BCUT2D eigenvalue weighted by molar-refractivity contribution is -0.135. The van der Waals surface area contributed by atoms with Crippen molar-refractivity contribution in [1.29, 1.82) is 0 Å². The number of benzene rings is 2. The lowest BCUT2D eigenvalue weighted by atomic mass is 9.92. The van der Waals surface area contributed by atoms with E-state index in [1.165, 1.54) is 31.1 Å². The molecule has 0 saturated carbocycles. The molecular weight excluding hydrogens is 400 g/mol. The van der Waals surface area contributed by atoms with Gasteiger partial charge in [-0.05, 0) is 67.1 Å². The van der Waals surface area contributed by atoms with Gasteiger partial charge in [-0.1, -0.05) is 6.07 Å². The molecule has 0 spiro atoms. The second-order valence-corrected chi connectivity index (χ2v) is 7.34. The van der Waals surface area contributed by atoms with E-state index in [-0.39, 0.29) is 17.3 Å². The summed E-state index contributed by atoms with van der Waals surface area (Å²) in [5, 5.41) is 22.3. The first-order chi connectivity index (χ1) is 15.0. The number of aromatic hydroxyl groups is 1. The van der Waals surface area contributed by atoms with Gasteiger partial charge in [0.1, 0.15) is 18.0 Å². The average molecular weight is 422 g/mol. The fourth-order valence-electron chi connectivity index (χ4n) is 3.78. The molecule has 0 unspecified atom stereocenters. The molecule has 8 nitrogen and oxygen atoms in total. The summed E-state index contributed by atoms with van der Waals surface area (Å²) in [6.45, 7) is -0.589. The third-order valence-electron chi connectivity index (χ3n) is 5.28. The minimum absolute atomic E-state index is 0.115. The minimum Gasteiger partial charge on any atom is -0.505 e. The number of pyridine rings is 1. The predicted molar refractivity (Wildman–Crippen MR) is 113 cm³/mol. The Bertz CT molecular complexity index is 1170. The highest BCUT2D eigenvalue weighted by Gasteiger charge is 2.21. The summed E-state index contributed by atoms with van der Waals surface area (Å²) in [7, 11) is 1.40. The molecule has 0 atom stereocenters. The fraction of sp³-hybridized carbons (Fsp3) is 0.261. The zero-order valence-electron chi connectivity index (χ0n) is 17.0. The lowest BCUT2D eigenvalue weighted by Gasteiger charge is -2.17. The van der Waals surface area contributed by atoms with E-state index in [4.69, 9.17) is 14.6 Å². The number of carboxylic acid groups (broad SMARTS) is 1. The van der Waals surface area contributed by atoms with Crippen molar-refractivity contribution in [3.63, 3.8) is 0 Å². The summed E-state index contributed by atoms with van der Waals surface area (Å²) in [5.41, 5.74) is 2.36. The monoisotopic (exact) mass is 422 g/mol. The van der Waals surface area contributed by atoms with Crippen LogP contribution in [0.15, 0.2) is 36.4 Å². The van der Waals surface area contributed by atoms with Crippen molar-refractivity contribution < 1.29 is 29.3 Å². The molecule has 2 aromatic carbocycles. The Morgan fingerprint density at radius 1 is 1.03 bits per heavy atom.